The summed E-state index contributed by atoms with van der Waals surface area (Å²) in [4.78, 5) is 11.2. The van der Waals surface area contributed by atoms with E-state index in [0.29, 0.717) is 12.0 Å². The molecule has 1 aromatic heterocycles. The lowest BCUT2D eigenvalue weighted by atomic mass is 10.0. The minimum Gasteiger partial charge on any atom is -0.355 e. The van der Waals surface area contributed by atoms with Crippen LogP contribution in [0.5, 0.6) is 0 Å². The molecule has 1 aliphatic heterocycles. The Morgan fingerprint density at radius 2 is 1.73 bits per heavy atom. The third-order valence-electron chi connectivity index (χ3n) is 5.99. The molecule has 164 valence electrons. The van der Waals surface area contributed by atoms with Crippen molar-refractivity contribution >= 4 is 5.96 Å². The van der Waals surface area contributed by atoms with Gasteiger partial charge in [0.15, 0.2) is 5.96 Å². The summed E-state index contributed by atoms with van der Waals surface area (Å²) in [5, 5.41) is 7.03. The van der Waals surface area contributed by atoms with Crippen LogP contribution in [0.2, 0.25) is 0 Å². The van der Waals surface area contributed by atoms with E-state index >= 15 is 0 Å². The van der Waals surface area contributed by atoms with Gasteiger partial charge in [-0.1, -0.05) is 51.0 Å². The Morgan fingerprint density at radius 1 is 1.03 bits per heavy atom. The largest absolute Gasteiger partial charge is 0.355 e. The number of aliphatic imine (C=N–C) groups is 1. The first-order valence-corrected chi connectivity index (χ1v) is 11.4. The van der Waals surface area contributed by atoms with Gasteiger partial charge >= 0.3 is 0 Å². The van der Waals surface area contributed by atoms with Crippen molar-refractivity contribution in [2.75, 3.05) is 26.7 Å². The number of guanidine groups is 1. The summed E-state index contributed by atoms with van der Waals surface area (Å²) in [7, 11) is 1.85. The van der Waals surface area contributed by atoms with E-state index in [0.717, 1.165) is 25.6 Å². The van der Waals surface area contributed by atoms with Gasteiger partial charge in [0.25, 0.3) is 0 Å². The molecule has 2 N–H and O–H groups in total. The maximum Gasteiger partial charge on any atom is 0.191 e. The van der Waals surface area contributed by atoms with Gasteiger partial charge in [0.05, 0.1) is 6.33 Å². The fourth-order valence-corrected chi connectivity index (χ4v) is 4.17. The van der Waals surface area contributed by atoms with Crippen molar-refractivity contribution in [3.63, 3.8) is 0 Å². The Labute approximate surface area is 181 Å². The Kier molecular flexibility index (Phi) is 8.75. The summed E-state index contributed by atoms with van der Waals surface area (Å²) in [6, 6.07) is 9.27. The van der Waals surface area contributed by atoms with Crippen molar-refractivity contribution < 1.29 is 0 Å². The van der Waals surface area contributed by atoms with Crippen LogP contribution in [-0.2, 0) is 13.1 Å². The van der Waals surface area contributed by atoms with Crippen molar-refractivity contribution in [1.82, 2.24) is 25.1 Å². The molecule has 0 aliphatic carbocycles. The van der Waals surface area contributed by atoms with Gasteiger partial charge in [-0.25, -0.2) is 4.98 Å². The Morgan fingerprint density at radius 3 is 2.33 bits per heavy atom. The van der Waals surface area contributed by atoms with Crippen LogP contribution in [0.25, 0.3) is 0 Å². The first-order chi connectivity index (χ1) is 14.7. The lowest BCUT2D eigenvalue weighted by molar-refractivity contribution is 0.161. The van der Waals surface area contributed by atoms with Crippen LogP contribution in [0.4, 0.5) is 0 Å². The second kappa shape index (κ2) is 11.7. The molecular weight excluding hydrogens is 372 g/mol. The molecular formula is C24H38N6. The van der Waals surface area contributed by atoms with Crippen LogP contribution >= 0.6 is 0 Å². The lowest BCUT2D eigenvalue weighted by Crippen LogP contribution is -2.49. The van der Waals surface area contributed by atoms with E-state index < -0.39 is 0 Å². The summed E-state index contributed by atoms with van der Waals surface area (Å²) < 4.78 is 2.08. The van der Waals surface area contributed by atoms with Crippen molar-refractivity contribution in [2.24, 2.45) is 10.9 Å². The highest BCUT2D eigenvalue weighted by atomic mass is 15.2. The molecule has 6 heteroatoms. The second-order valence-electron chi connectivity index (χ2n) is 8.62. The normalized spacial score (nSPS) is 17.0. The van der Waals surface area contributed by atoms with Crippen LogP contribution in [0.1, 0.15) is 50.7 Å². The fourth-order valence-electron chi connectivity index (χ4n) is 4.17. The van der Waals surface area contributed by atoms with E-state index in [1.165, 1.54) is 49.9 Å². The highest BCUT2D eigenvalue weighted by Gasteiger charge is 2.22. The third-order valence-corrected chi connectivity index (χ3v) is 5.99. The van der Waals surface area contributed by atoms with Gasteiger partial charge in [-0.05, 0) is 43.0 Å². The predicted molar refractivity (Wildman–Crippen MR) is 125 cm³/mol. The second-order valence-corrected chi connectivity index (χ2v) is 8.62. The zero-order chi connectivity index (χ0) is 21.2. The molecule has 0 saturated carbocycles. The average molecular weight is 411 g/mol. The van der Waals surface area contributed by atoms with Crippen molar-refractivity contribution in [3.05, 3.63) is 54.1 Å². The number of likely N-dealkylation sites (tertiary alicyclic amines) is 1. The van der Waals surface area contributed by atoms with Gasteiger partial charge < -0.3 is 15.2 Å². The van der Waals surface area contributed by atoms with Crippen LogP contribution in [0, 0.1) is 5.92 Å². The summed E-state index contributed by atoms with van der Waals surface area (Å²) >= 11 is 0. The number of rotatable bonds is 8. The van der Waals surface area contributed by atoms with Gasteiger partial charge in [-0.3, -0.25) is 9.89 Å². The van der Waals surface area contributed by atoms with Gasteiger partial charge in [-0.2, -0.15) is 0 Å². The number of imidazole rings is 1. The quantitative estimate of drug-likeness (QED) is 0.517. The maximum absolute atomic E-state index is 4.43. The summed E-state index contributed by atoms with van der Waals surface area (Å²) in [5.41, 5.74) is 2.52. The van der Waals surface area contributed by atoms with Crippen LogP contribution in [0.15, 0.2) is 48.0 Å². The standard InChI is InChI=1S/C24H38N6/c1-20(2)23(30-13-6-4-5-7-14-30)17-28-24(25-3)27-16-21-8-10-22(11-9-21)18-29-15-12-26-19-29/h8-12,15,19-20,23H,4-7,13-14,16-18H2,1-3H3,(H2,25,27,28). The molecule has 1 fully saturated rings. The number of nitrogens with zero attached hydrogens (tertiary/aromatic N) is 4. The highest BCUT2D eigenvalue weighted by Crippen LogP contribution is 2.17. The summed E-state index contributed by atoms with van der Waals surface area (Å²) in [6.07, 6.45) is 11.0. The van der Waals surface area contributed by atoms with Crippen LogP contribution in [-0.4, -0.2) is 53.1 Å². The minimum absolute atomic E-state index is 0.545. The molecule has 2 aromatic rings. The van der Waals surface area contributed by atoms with Crippen molar-refractivity contribution in [2.45, 2.75) is 58.7 Å². The molecule has 1 aromatic carbocycles. The van der Waals surface area contributed by atoms with Gasteiger partial charge in [0.2, 0.25) is 0 Å². The summed E-state index contributed by atoms with van der Waals surface area (Å²) in [6.45, 7) is 9.66. The Hall–Kier alpha value is -2.34. The number of aromatic nitrogens is 2. The van der Waals surface area contributed by atoms with E-state index in [-0.39, 0.29) is 0 Å². The van der Waals surface area contributed by atoms with E-state index in [1.807, 2.05) is 25.8 Å². The number of hydrogen-bond acceptors (Lipinski definition) is 3. The number of hydrogen-bond donors (Lipinski definition) is 2. The first-order valence-electron chi connectivity index (χ1n) is 11.4. The van der Waals surface area contributed by atoms with E-state index in [1.54, 1.807) is 0 Å². The number of benzene rings is 1. The van der Waals surface area contributed by atoms with Crippen LogP contribution < -0.4 is 10.6 Å². The van der Waals surface area contributed by atoms with E-state index in [9.17, 15) is 0 Å². The van der Waals surface area contributed by atoms with Crippen LogP contribution in [0.3, 0.4) is 0 Å². The molecule has 30 heavy (non-hydrogen) atoms. The van der Waals surface area contributed by atoms with E-state index in [4.69, 9.17) is 0 Å². The van der Waals surface area contributed by atoms with Crippen molar-refractivity contribution in [3.8, 4) is 0 Å². The van der Waals surface area contributed by atoms with Gasteiger partial charge in [0, 0.05) is 45.1 Å². The molecule has 1 atom stereocenters. The van der Waals surface area contributed by atoms with E-state index in [2.05, 4.69) is 68.2 Å². The maximum atomic E-state index is 4.43. The minimum atomic E-state index is 0.545. The first kappa shape index (κ1) is 22.3. The molecule has 3 rings (SSSR count). The molecule has 1 aliphatic rings. The Bertz CT molecular complexity index is 743. The fraction of sp³-hybridized carbons (Fsp3) is 0.583. The van der Waals surface area contributed by atoms with Gasteiger partial charge in [-0.15, -0.1) is 0 Å². The molecule has 0 radical (unpaired) electrons. The smallest absolute Gasteiger partial charge is 0.191 e. The third kappa shape index (κ3) is 6.87. The Balaban J connectivity index is 1.47. The molecule has 1 saturated heterocycles. The van der Waals surface area contributed by atoms with Crippen molar-refractivity contribution in [1.29, 1.82) is 0 Å². The molecule has 6 nitrogen and oxygen atoms in total. The lowest BCUT2D eigenvalue weighted by Gasteiger charge is -2.34. The molecule has 2 heterocycles. The topological polar surface area (TPSA) is 57.5 Å². The molecule has 0 bridgehead atoms. The summed E-state index contributed by atoms with van der Waals surface area (Å²) in [5.74, 6) is 1.50. The molecule has 0 amide bonds. The zero-order valence-corrected chi connectivity index (χ0v) is 18.8. The highest BCUT2D eigenvalue weighted by molar-refractivity contribution is 5.79. The molecule has 0 spiro atoms. The van der Waals surface area contributed by atoms with Gasteiger partial charge in [0.1, 0.15) is 0 Å². The zero-order valence-electron chi connectivity index (χ0n) is 18.8. The SMILES string of the molecule is CN=C(NCc1ccc(Cn2ccnc2)cc1)NCC(C(C)C)N1CCCCCC1. The monoisotopic (exact) mass is 410 g/mol. The molecule has 1 unspecified atom stereocenters. The number of nitrogens with one attached hydrogen (secondary N) is 2. The average Bonchev–Trinajstić information content (AvgIpc) is 3.11. The predicted octanol–water partition coefficient (Wildman–Crippen LogP) is 3.50.